The Bertz CT molecular complexity index is 715. The van der Waals surface area contributed by atoms with E-state index in [1.165, 1.54) is 0 Å². The molecule has 6 heteroatoms. The second kappa shape index (κ2) is 9.40. The van der Waals surface area contributed by atoms with Crippen molar-refractivity contribution in [3.8, 4) is 17.2 Å². The van der Waals surface area contributed by atoms with Gasteiger partial charge < -0.3 is 24.8 Å². The third kappa shape index (κ3) is 5.34. The predicted molar refractivity (Wildman–Crippen MR) is 107 cm³/mol. The molecule has 0 aliphatic carbocycles. The van der Waals surface area contributed by atoms with Crippen molar-refractivity contribution in [2.45, 2.75) is 25.9 Å². The normalized spacial score (nSPS) is 16.1. The third-order valence-electron chi connectivity index (χ3n) is 4.01. The van der Waals surface area contributed by atoms with Gasteiger partial charge >= 0.3 is 0 Å². The van der Waals surface area contributed by atoms with Gasteiger partial charge in [-0.2, -0.15) is 0 Å². The lowest BCUT2D eigenvalue weighted by Gasteiger charge is -2.16. The van der Waals surface area contributed by atoms with Crippen molar-refractivity contribution in [1.82, 2.24) is 5.32 Å². The molecule has 26 heavy (non-hydrogen) atoms. The van der Waals surface area contributed by atoms with Gasteiger partial charge in [-0.25, -0.2) is 0 Å². The molecule has 0 radical (unpaired) electrons. The van der Waals surface area contributed by atoms with Crippen molar-refractivity contribution < 1.29 is 14.2 Å². The van der Waals surface area contributed by atoms with Gasteiger partial charge in [0.15, 0.2) is 10.9 Å². The largest absolute Gasteiger partial charge is 0.494 e. The van der Waals surface area contributed by atoms with Gasteiger partial charge in [0.25, 0.3) is 0 Å². The molecule has 0 saturated carbocycles. The van der Waals surface area contributed by atoms with E-state index in [2.05, 4.69) is 10.6 Å². The molecule has 1 fully saturated rings. The molecule has 5 nitrogen and oxygen atoms in total. The van der Waals surface area contributed by atoms with Crippen LogP contribution in [0.5, 0.6) is 17.2 Å². The lowest BCUT2D eigenvalue weighted by atomic mass is 10.2. The Morgan fingerprint density at radius 2 is 1.92 bits per heavy atom. The minimum Gasteiger partial charge on any atom is -0.494 e. The molecule has 1 aliphatic rings. The fourth-order valence-electron chi connectivity index (χ4n) is 2.73. The monoisotopic (exact) mass is 372 g/mol. The zero-order valence-corrected chi connectivity index (χ0v) is 15.7. The van der Waals surface area contributed by atoms with Crippen LogP contribution in [0.2, 0.25) is 0 Å². The average molecular weight is 372 g/mol. The number of hydrogen-bond acceptors (Lipinski definition) is 4. The summed E-state index contributed by atoms with van der Waals surface area (Å²) in [5.41, 5.74) is 0.811. The van der Waals surface area contributed by atoms with E-state index in [0.717, 1.165) is 36.6 Å². The van der Waals surface area contributed by atoms with E-state index in [9.17, 15) is 0 Å². The summed E-state index contributed by atoms with van der Waals surface area (Å²) in [6, 6.07) is 15.3. The first-order valence-electron chi connectivity index (χ1n) is 8.91. The number of ether oxygens (including phenoxy) is 3. The molecule has 1 saturated heterocycles. The van der Waals surface area contributed by atoms with Crippen LogP contribution in [0.1, 0.15) is 19.8 Å². The first-order chi connectivity index (χ1) is 12.7. The number of anilines is 1. The molecular formula is C20H24N2O3S. The fraction of sp³-hybridized carbons (Fsp3) is 0.350. The fourth-order valence-corrected chi connectivity index (χ4v) is 2.93. The highest BCUT2D eigenvalue weighted by Crippen LogP contribution is 2.30. The summed E-state index contributed by atoms with van der Waals surface area (Å²) in [4.78, 5) is 0. The summed E-state index contributed by atoms with van der Waals surface area (Å²) >= 11 is 5.39. The molecule has 1 atom stereocenters. The molecule has 2 aromatic rings. The van der Waals surface area contributed by atoms with E-state index in [1.807, 2.05) is 55.5 Å². The van der Waals surface area contributed by atoms with Crippen molar-refractivity contribution in [3.05, 3.63) is 48.5 Å². The van der Waals surface area contributed by atoms with E-state index < -0.39 is 0 Å². The minimum atomic E-state index is 0.241. The van der Waals surface area contributed by atoms with Crippen LogP contribution < -0.4 is 20.1 Å². The Labute approximate surface area is 159 Å². The number of thiocarbonyl (C=S) groups is 1. The Balaban J connectivity index is 1.59. The van der Waals surface area contributed by atoms with Gasteiger partial charge in [-0.15, -0.1) is 0 Å². The molecule has 1 aliphatic heterocycles. The van der Waals surface area contributed by atoms with Gasteiger partial charge in [0.2, 0.25) is 0 Å². The highest BCUT2D eigenvalue weighted by Gasteiger charge is 2.15. The van der Waals surface area contributed by atoms with Crippen LogP contribution in [0, 0.1) is 0 Å². The molecule has 2 aromatic carbocycles. The lowest BCUT2D eigenvalue weighted by Crippen LogP contribution is -2.34. The van der Waals surface area contributed by atoms with Crippen LogP contribution in [-0.2, 0) is 4.74 Å². The third-order valence-corrected chi connectivity index (χ3v) is 4.26. The maximum Gasteiger partial charge on any atom is 0.170 e. The Morgan fingerprint density at radius 1 is 1.15 bits per heavy atom. The van der Waals surface area contributed by atoms with Gasteiger partial charge in [-0.3, -0.25) is 0 Å². The number of hydrogen-bond donors (Lipinski definition) is 2. The zero-order chi connectivity index (χ0) is 18.2. The molecule has 0 aromatic heterocycles. The standard InChI is InChI=1S/C20H24N2O3S/c1-2-23-15-9-11-16(12-10-15)25-19-8-4-3-7-18(19)22-20(26)21-14-17-6-5-13-24-17/h3-4,7-12,17H,2,5-6,13-14H2,1H3,(H2,21,22,26)/t17-/m0/s1. The molecule has 0 spiro atoms. The van der Waals surface area contributed by atoms with Crippen LogP contribution in [0.15, 0.2) is 48.5 Å². The molecule has 138 valence electrons. The smallest absolute Gasteiger partial charge is 0.170 e. The maximum absolute atomic E-state index is 5.99. The van der Waals surface area contributed by atoms with E-state index in [-0.39, 0.29) is 6.10 Å². The first kappa shape index (κ1) is 18.5. The van der Waals surface area contributed by atoms with E-state index in [4.69, 9.17) is 26.4 Å². The Kier molecular flexibility index (Phi) is 6.68. The molecule has 0 bridgehead atoms. The second-order valence-corrected chi connectivity index (χ2v) is 6.38. The predicted octanol–water partition coefficient (Wildman–Crippen LogP) is 4.34. The van der Waals surface area contributed by atoms with Gasteiger partial charge in [0.1, 0.15) is 11.5 Å². The van der Waals surface area contributed by atoms with E-state index >= 15 is 0 Å². The van der Waals surface area contributed by atoms with Crippen molar-refractivity contribution >= 4 is 23.0 Å². The minimum absolute atomic E-state index is 0.241. The maximum atomic E-state index is 5.99. The summed E-state index contributed by atoms with van der Waals surface area (Å²) in [5, 5.41) is 6.97. The summed E-state index contributed by atoms with van der Waals surface area (Å²) in [5.74, 6) is 2.27. The number of rotatable bonds is 7. The van der Waals surface area contributed by atoms with Crippen molar-refractivity contribution in [1.29, 1.82) is 0 Å². The highest BCUT2D eigenvalue weighted by molar-refractivity contribution is 7.80. The molecular weight excluding hydrogens is 348 g/mol. The van der Waals surface area contributed by atoms with Gasteiger partial charge in [0.05, 0.1) is 18.4 Å². The van der Waals surface area contributed by atoms with E-state index in [0.29, 0.717) is 24.0 Å². The first-order valence-corrected chi connectivity index (χ1v) is 9.31. The number of para-hydroxylation sites is 2. The summed E-state index contributed by atoms with van der Waals surface area (Å²) in [7, 11) is 0. The second-order valence-electron chi connectivity index (χ2n) is 5.97. The molecule has 0 amide bonds. The van der Waals surface area contributed by atoms with Gasteiger partial charge in [-0.1, -0.05) is 12.1 Å². The molecule has 2 N–H and O–H groups in total. The molecule has 0 unspecified atom stereocenters. The van der Waals surface area contributed by atoms with Crippen LogP contribution in [0.4, 0.5) is 5.69 Å². The van der Waals surface area contributed by atoms with Gasteiger partial charge in [0, 0.05) is 13.2 Å². The number of nitrogens with one attached hydrogen (secondary N) is 2. The summed E-state index contributed by atoms with van der Waals surface area (Å²) in [6.45, 7) is 4.16. The van der Waals surface area contributed by atoms with Crippen LogP contribution in [0.3, 0.4) is 0 Å². The van der Waals surface area contributed by atoms with Crippen molar-refractivity contribution in [3.63, 3.8) is 0 Å². The quantitative estimate of drug-likeness (QED) is 0.705. The van der Waals surface area contributed by atoms with Crippen molar-refractivity contribution in [2.75, 3.05) is 25.1 Å². The van der Waals surface area contributed by atoms with E-state index in [1.54, 1.807) is 0 Å². The van der Waals surface area contributed by atoms with Crippen LogP contribution >= 0.6 is 12.2 Å². The molecule has 3 rings (SSSR count). The summed E-state index contributed by atoms with van der Waals surface area (Å²) < 4.78 is 17.0. The van der Waals surface area contributed by atoms with Gasteiger partial charge in [-0.05, 0) is 68.4 Å². The Morgan fingerprint density at radius 3 is 2.65 bits per heavy atom. The highest BCUT2D eigenvalue weighted by atomic mass is 32.1. The Hall–Kier alpha value is -2.31. The van der Waals surface area contributed by atoms with Crippen LogP contribution in [0.25, 0.3) is 0 Å². The van der Waals surface area contributed by atoms with Crippen molar-refractivity contribution in [2.24, 2.45) is 0 Å². The van der Waals surface area contributed by atoms with Crippen LogP contribution in [-0.4, -0.2) is 31.0 Å². The zero-order valence-electron chi connectivity index (χ0n) is 14.9. The SMILES string of the molecule is CCOc1ccc(Oc2ccccc2NC(=S)NC[C@@H]2CCCO2)cc1. The number of benzene rings is 2. The molecule has 1 heterocycles. The lowest BCUT2D eigenvalue weighted by molar-refractivity contribution is 0.114. The summed E-state index contributed by atoms with van der Waals surface area (Å²) in [6.07, 6.45) is 2.43. The average Bonchev–Trinajstić information content (AvgIpc) is 3.17. The topological polar surface area (TPSA) is 51.8 Å².